The number of hydrogen-bond acceptors (Lipinski definition) is 1. The van der Waals surface area contributed by atoms with E-state index >= 15 is 0 Å². The molecule has 1 radical (unpaired) electrons. The number of rotatable bonds is 1. The van der Waals surface area contributed by atoms with Gasteiger partial charge in [0.2, 0.25) is 0 Å². The standard InChI is InChI=1S/C4H10N.Y/c1-4(2)3-5;/h4H,1,3,5H2,2H3;/q-1;. The fourth-order valence-corrected chi connectivity index (χ4v) is 0. The summed E-state index contributed by atoms with van der Waals surface area (Å²) >= 11 is 0. The third-order valence-electron chi connectivity index (χ3n) is 0.402. The monoisotopic (exact) mass is 161 g/mol. The largest absolute Gasteiger partial charge is 0.339 e. The topological polar surface area (TPSA) is 26.0 Å². The fourth-order valence-electron chi connectivity index (χ4n) is 0. The Kier molecular flexibility index (Phi) is 10.2. The van der Waals surface area contributed by atoms with Crippen LogP contribution in [0.25, 0.3) is 0 Å². The van der Waals surface area contributed by atoms with Crippen LogP contribution in [-0.2, 0) is 32.7 Å². The van der Waals surface area contributed by atoms with E-state index in [1.165, 1.54) is 0 Å². The molecule has 1 atom stereocenters. The van der Waals surface area contributed by atoms with Crippen LogP contribution in [0.5, 0.6) is 0 Å². The van der Waals surface area contributed by atoms with Gasteiger partial charge in [0.1, 0.15) is 0 Å². The Morgan fingerprint density at radius 3 is 2.00 bits per heavy atom. The van der Waals surface area contributed by atoms with Gasteiger partial charge in [0.15, 0.2) is 0 Å². The van der Waals surface area contributed by atoms with Crippen LogP contribution in [0, 0.1) is 12.8 Å². The van der Waals surface area contributed by atoms with Crippen LogP contribution < -0.4 is 5.73 Å². The zero-order chi connectivity index (χ0) is 4.28. The van der Waals surface area contributed by atoms with E-state index in [2.05, 4.69) is 6.92 Å². The second-order valence-corrected chi connectivity index (χ2v) is 1.34. The Balaban J connectivity index is 0. The van der Waals surface area contributed by atoms with Gasteiger partial charge >= 0.3 is 0 Å². The summed E-state index contributed by atoms with van der Waals surface area (Å²) in [6.45, 7) is 6.31. The van der Waals surface area contributed by atoms with E-state index < -0.39 is 0 Å². The molecule has 0 fully saturated rings. The molecule has 0 aliphatic carbocycles. The molecule has 0 saturated heterocycles. The quantitative estimate of drug-likeness (QED) is 0.554. The predicted molar refractivity (Wildman–Crippen MR) is 23.6 cm³/mol. The van der Waals surface area contributed by atoms with Crippen molar-refractivity contribution in [2.24, 2.45) is 11.7 Å². The van der Waals surface area contributed by atoms with Gasteiger partial charge in [0, 0.05) is 32.7 Å². The van der Waals surface area contributed by atoms with Gasteiger partial charge in [0.25, 0.3) is 0 Å². The van der Waals surface area contributed by atoms with Crippen LogP contribution in [0.2, 0.25) is 0 Å². The minimum atomic E-state index is 0. The summed E-state index contributed by atoms with van der Waals surface area (Å²) in [6.07, 6.45) is 0. The molecule has 0 aromatic heterocycles. The van der Waals surface area contributed by atoms with Gasteiger partial charge in [-0.1, -0.05) is 6.92 Å². The Morgan fingerprint density at radius 2 is 2.00 bits per heavy atom. The smallest absolute Gasteiger partial charge is 0 e. The van der Waals surface area contributed by atoms with E-state index in [1.807, 2.05) is 6.92 Å². The zero-order valence-electron chi connectivity index (χ0n) is 4.15. The molecular weight excluding hydrogens is 151 g/mol. The Bertz CT molecular complexity index is 21.5. The second-order valence-electron chi connectivity index (χ2n) is 1.34. The first-order valence-electron chi connectivity index (χ1n) is 1.80. The van der Waals surface area contributed by atoms with Gasteiger partial charge < -0.3 is 12.7 Å². The minimum absolute atomic E-state index is 0. The summed E-state index contributed by atoms with van der Waals surface area (Å²) in [4.78, 5) is 0. The maximum atomic E-state index is 5.11. The Labute approximate surface area is 64.6 Å². The normalized spacial score (nSPS) is 12.5. The van der Waals surface area contributed by atoms with Crippen molar-refractivity contribution < 1.29 is 32.7 Å². The van der Waals surface area contributed by atoms with Crippen molar-refractivity contribution >= 4 is 0 Å². The molecule has 0 bridgehead atoms. The molecule has 0 heterocycles. The van der Waals surface area contributed by atoms with E-state index in [1.54, 1.807) is 0 Å². The molecule has 35 valence electrons. The van der Waals surface area contributed by atoms with Gasteiger partial charge in [-0.3, -0.25) is 0 Å². The van der Waals surface area contributed by atoms with Crippen LogP contribution in [0.3, 0.4) is 0 Å². The van der Waals surface area contributed by atoms with Crippen LogP contribution in [0.4, 0.5) is 0 Å². The van der Waals surface area contributed by atoms with Gasteiger partial charge in [-0.2, -0.15) is 5.92 Å². The molecule has 2 N–H and O–H groups in total. The summed E-state index contributed by atoms with van der Waals surface area (Å²) < 4.78 is 0. The summed E-state index contributed by atoms with van der Waals surface area (Å²) in [5.74, 6) is 0.412. The molecule has 6 heavy (non-hydrogen) atoms. The molecule has 0 saturated carbocycles. The first-order valence-corrected chi connectivity index (χ1v) is 1.80. The second kappa shape index (κ2) is 6.06. The average molecular weight is 161 g/mol. The van der Waals surface area contributed by atoms with Crippen molar-refractivity contribution in [3.05, 3.63) is 6.92 Å². The van der Waals surface area contributed by atoms with E-state index in [0.29, 0.717) is 12.5 Å². The number of nitrogens with two attached hydrogens (primary N) is 1. The van der Waals surface area contributed by atoms with Gasteiger partial charge in [-0.25, -0.2) is 0 Å². The van der Waals surface area contributed by atoms with Crippen molar-refractivity contribution in [1.82, 2.24) is 0 Å². The molecule has 0 aromatic rings. The van der Waals surface area contributed by atoms with Gasteiger partial charge in [0.05, 0.1) is 0 Å². The molecule has 1 nitrogen and oxygen atoms in total. The van der Waals surface area contributed by atoms with Gasteiger partial charge in [-0.05, 0) is 6.54 Å². The summed E-state index contributed by atoms with van der Waals surface area (Å²) in [7, 11) is 0. The molecular formula is C4H10NY-. The third-order valence-corrected chi connectivity index (χ3v) is 0.402. The maximum absolute atomic E-state index is 5.11. The first kappa shape index (κ1) is 10.1. The molecule has 0 amide bonds. The van der Waals surface area contributed by atoms with E-state index in [-0.39, 0.29) is 32.7 Å². The van der Waals surface area contributed by atoms with Crippen molar-refractivity contribution in [2.75, 3.05) is 6.54 Å². The SMILES string of the molecule is [CH2-]C(C)CN.[Y]. The third kappa shape index (κ3) is 8.91. The Hall–Kier alpha value is 1.06. The molecule has 2 heteroatoms. The van der Waals surface area contributed by atoms with Crippen molar-refractivity contribution in [3.8, 4) is 0 Å². The van der Waals surface area contributed by atoms with Crippen molar-refractivity contribution in [2.45, 2.75) is 6.92 Å². The molecule has 0 rings (SSSR count). The molecule has 0 aromatic carbocycles. The van der Waals surface area contributed by atoms with Gasteiger partial charge in [-0.15, -0.1) is 0 Å². The van der Waals surface area contributed by atoms with Crippen LogP contribution in [0.1, 0.15) is 6.92 Å². The first-order chi connectivity index (χ1) is 2.27. The molecule has 1 unspecified atom stereocenters. The van der Waals surface area contributed by atoms with Crippen molar-refractivity contribution in [3.63, 3.8) is 0 Å². The summed E-state index contributed by atoms with van der Waals surface area (Å²) in [5.41, 5.74) is 5.11. The Morgan fingerprint density at radius 1 is 1.83 bits per heavy atom. The minimum Gasteiger partial charge on any atom is -0.339 e. The van der Waals surface area contributed by atoms with Crippen LogP contribution >= 0.6 is 0 Å². The van der Waals surface area contributed by atoms with E-state index in [4.69, 9.17) is 5.73 Å². The summed E-state index contributed by atoms with van der Waals surface area (Å²) in [6, 6.07) is 0. The molecule has 0 aliphatic rings. The molecule has 0 aliphatic heterocycles. The molecule has 0 spiro atoms. The maximum Gasteiger partial charge on any atom is 0 e. The average Bonchev–Trinajstić information content (AvgIpc) is 1.38. The zero-order valence-corrected chi connectivity index (χ0v) is 6.98. The summed E-state index contributed by atoms with van der Waals surface area (Å²) in [5, 5.41) is 0. The van der Waals surface area contributed by atoms with E-state index in [0.717, 1.165) is 0 Å². The van der Waals surface area contributed by atoms with Crippen LogP contribution in [0.15, 0.2) is 0 Å². The predicted octanol–water partition coefficient (Wildman–Crippen LogP) is 0.413. The fraction of sp³-hybridized carbons (Fsp3) is 0.750. The van der Waals surface area contributed by atoms with Crippen molar-refractivity contribution in [1.29, 1.82) is 0 Å². The van der Waals surface area contributed by atoms with Crippen LogP contribution in [-0.4, -0.2) is 6.54 Å². The van der Waals surface area contributed by atoms with E-state index in [9.17, 15) is 0 Å². The number of hydrogen-bond donors (Lipinski definition) is 1.